The van der Waals surface area contributed by atoms with Gasteiger partial charge >= 0.3 is 0 Å². The fraction of sp³-hybridized carbons (Fsp3) is 0. The molecule has 13 aromatic rings. The first-order valence-electron chi connectivity index (χ1n) is 22.1. The van der Waals surface area contributed by atoms with Crippen LogP contribution in [0.1, 0.15) is 0 Å². The molecule has 0 saturated heterocycles. The van der Waals surface area contributed by atoms with Crippen molar-refractivity contribution < 1.29 is 8.83 Å². The van der Waals surface area contributed by atoms with Crippen molar-refractivity contribution in [2.24, 2.45) is 0 Å². The zero-order valence-corrected chi connectivity index (χ0v) is 35.5. The lowest BCUT2D eigenvalue weighted by atomic mass is 9.99. The van der Waals surface area contributed by atoms with E-state index in [1.807, 2.05) is 30.6 Å². The van der Waals surface area contributed by atoms with E-state index >= 15 is 0 Å². The SMILES string of the molecule is c1ccc(N(c2ccccc2)c2ccc3oc4ccc(N(c5ccc(-c6ccc(-c7cnc8c(ccc9cccnc98)c7)cc6)cc5)c5ccc6oc7ccccc7c6c5)cc4c3c2)cc1. The van der Waals surface area contributed by atoms with Crippen LogP contribution in [0, 0.1) is 0 Å². The molecular weight excluding hydrogens is 809 g/mol. The van der Waals surface area contributed by atoms with E-state index < -0.39 is 0 Å². The summed E-state index contributed by atoms with van der Waals surface area (Å²) in [4.78, 5) is 14.1. The third-order valence-corrected chi connectivity index (χ3v) is 12.7. The summed E-state index contributed by atoms with van der Waals surface area (Å²) in [5, 5.41) is 6.40. The first-order valence-corrected chi connectivity index (χ1v) is 22.1. The monoisotopic (exact) mass is 846 g/mol. The second kappa shape index (κ2) is 15.4. The Labute approximate surface area is 379 Å². The maximum atomic E-state index is 6.52. The van der Waals surface area contributed by atoms with E-state index in [0.29, 0.717) is 0 Å². The van der Waals surface area contributed by atoms with Gasteiger partial charge in [-0.25, -0.2) is 0 Å². The fourth-order valence-corrected chi connectivity index (χ4v) is 9.49. The number of pyridine rings is 2. The van der Waals surface area contributed by atoms with Gasteiger partial charge in [0, 0.05) is 84.4 Å². The Balaban J connectivity index is 0.892. The lowest BCUT2D eigenvalue weighted by molar-refractivity contribution is 0.668. The van der Waals surface area contributed by atoms with Gasteiger partial charge in [0.25, 0.3) is 0 Å². The summed E-state index contributed by atoms with van der Waals surface area (Å²) in [5.41, 5.74) is 15.9. The summed E-state index contributed by atoms with van der Waals surface area (Å²) >= 11 is 0. The molecule has 4 heterocycles. The number of furan rings is 2. The molecule has 0 aliphatic carbocycles. The number of nitrogens with zero attached hydrogens (tertiary/aromatic N) is 4. The van der Waals surface area contributed by atoms with Crippen LogP contribution in [0.15, 0.2) is 240 Å². The van der Waals surface area contributed by atoms with Crippen molar-refractivity contribution >= 4 is 99.8 Å². The average Bonchev–Trinajstić information content (AvgIpc) is 3.95. The van der Waals surface area contributed by atoms with Crippen LogP contribution in [-0.4, -0.2) is 9.97 Å². The Hall–Kier alpha value is -9.00. The molecule has 0 amide bonds. The molecule has 4 aromatic heterocycles. The highest BCUT2D eigenvalue weighted by molar-refractivity contribution is 6.10. The molecule has 66 heavy (non-hydrogen) atoms. The molecule has 9 aromatic carbocycles. The van der Waals surface area contributed by atoms with Crippen LogP contribution in [0.2, 0.25) is 0 Å². The van der Waals surface area contributed by atoms with Gasteiger partial charge in [-0.2, -0.15) is 0 Å². The van der Waals surface area contributed by atoms with E-state index in [4.69, 9.17) is 13.8 Å². The van der Waals surface area contributed by atoms with Gasteiger partial charge in [-0.1, -0.05) is 109 Å². The van der Waals surface area contributed by atoms with E-state index in [2.05, 4.69) is 215 Å². The first-order chi connectivity index (χ1) is 32.7. The quantitative estimate of drug-likeness (QED) is 0.142. The normalized spacial score (nSPS) is 11.6. The Morgan fingerprint density at radius 1 is 0.288 bits per heavy atom. The molecular formula is C60H38N4O2. The Morgan fingerprint density at radius 2 is 0.727 bits per heavy atom. The molecule has 0 fully saturated rings. The van der Waals surface area contributed by atoms with Gasteiger partial charge in [0.1, 0.15) is 22.3 Å². The van der Waals surface area contributed by atoms with Gasteiger partial charge in [-0.15, -0.1) is 0 Å². The van der Waals surface area contributed by atoms with Crippen molar-refractivity contribution in [3.8, 4) is 22.3 Å². The molecule has 0 aliphatic heterocycles. The Morgan fingerprint density at radius 3 is 1.33 bits per heavy atom. The van der Waals surface area contributed by atoms with Crippen LogP contribution in [0.5, 0.6) is 0 Å². The molecule has 6 heteroatoms. The second-order valence-electron chi connectivity index (χ2n) is 16.6. The molecule has 0 unspecified atom stereocenters. The number of hydrogen-bond donors (Lipinski definition) is 0. The summed E-state index contributed by atoms with van der Waals surface area (Å²) in [6, 6.07) is 76.7. The molecule has 0 saturated carbocycles. The molecule has 13 rings (SSSR count). The van der Waals surface area contributed by atoms with Gasteiger partial charge in [0.15, 0.2) is 0 Å². The van der Waals surface area contributed by atoms with E-state index in [1.54, 1.807) is 0 Å². The van der Waals surface area contributed by atoms with Crippen molar-refractivity contribution in [1.29, 1.82) is 0 Å². The van der Waals surface area contributed by atoms with Crippen molar-refractivity contribution in [2.75, 3.05) is 9.80 Å². The van der Waals surface area contributed by atoms with Crippen LogP contribution in [-0.2, 0) is 0 Å². The van der Waals surface area contributed by atoms with Gasteiger partial charge < -0.3 is 18.6 Å². The standard InChI is InChI=1S/C60H38N4O2/c1-3-11-45(12-4-1)63(46-13-5-2-6-14-46)48-27-31-57-53(36-48)54-37-50(29-32-58(54)66-57)64(49-28-30-56-52(35-49)51-15-7-8-16-55(51)65-56)47-25-23-40(24-26-47)39-17-19-41(20-18-39)44-34-43-22-21-42-10-9-33-61-59(42)60(43)62-38-44/h1-38H. The highest BCUT2D eigenvalue weighted by Crippen LogP contribution is 2.43. The minimum Gasteiger partial charge on any atom is -0.456 e. The van der Waals surface area contributed by atoms with Crippen LogP contribution in [0.4, 0.5) is 34.1 Å². The maximum absolute atomic E-state index is 6.52. The predicted molar refractivity (Wildman–Crippen MR) is 272 cm³/mol. The summed E-state index contributed by atoms with van der Waals surface area (Å²) in [5.74, 6) is 0. The zero-order chi connectivity index (χ0) is 43.6. The second-order valence-corrected chi connectivity index (χ2v) is 16.6. The molecule has 0 bridgehead atoms. The number of fused-ring (bicyclic) bond motifs is 9. The number of rotatable bonds is 8. The van der Waals surface area contributed by atoms with E-state index in [9.17, 15) is 0 Å². The average molecular weight is 847 g/mol. The summed E-state index contributed by atoms with van der Waals surface area (Å²) in [6.07, 6.45) is 3.77. The van der Waals surface area contributed by atoms with Crippen molar-refractivity contribution in [3.05, 3.63) is 231 Å². The number of benzene rings is 9. The summed E-state index contributed by atoms with van der Waals surface area (Å²) < 4.78 is 12.8. The minimum absolute atomic E-state index is 0.830. The van der Waals surface area contributed by atoms with Crippen molar-refractivity contribution in [1.82, 2.24) is 9.97 Å². The fourth-order valence-electron chi connectivity index (χ4n) is 9.49. The predicted octanol–water partition coefficient (Wildman–Crippen LogP) is 16.9. The highest BCUT2D eigenvalue weighted by Gasteiger charge is 2.20. The van der Waals surface area contributed by atoms with Gasteiger partial charge in [0.05, 0.1) is 11.0 Å². The van der Waals surface area contributed by atoms with Gasteiger partial charge in [-0.3, -0.25) is 9.97 Å². The summed E-state index contributed by atoms with van der Waals surface area (Å²) in [7, 11) is 0. The van der Waals surface area contributed by atoms with Crippen LogP contribution >= 0.6 is 0 Å². The number of anilines is 6. The highest BCUT2D eigenvalue weighted by atomic mass is 16.3. The molecule has 0 atom stereocenters. The molecule has 6 nitrogen and oxygen atoms in total. The molecule has 0 radical (unpaired) electrons. The van der Waals surface area contributed by atoms with Gasteiger partial charge in [0.2, 0.25) is 0 Å². The first kappa shape index (κ1) is 37.5. The third kappa shape index (κ3) is 6.42. The molecule has 0 spiro atoms. The van der Waals surface area contributed by atoms with Gasteiger partial charge in [-0.05, 0) is 126 Å². The zero-order valence-electron chi connectivity index (χ0n) is 35.5. The van der Waals surface area contributed by atoms with E-state index in [-0.39, 0.29) is 0 Å². The summed E-state index contributed by atoms with van der Waals surface area (Å²) in [6.45, 7) is 0. The van der Waals surface area contributed by atoms with Crippen LogP contribution in [0.25, 0.3) is 87.9 Å². The van der Waals surface area contributed by atoms with Crippen molar-refractivity contribution in [2.45, 2.75) is 0 Å². The smallest absolute Gasteiger partial charge is 0.135 e. The Bertz CT molecular complexity index is 3900. The third-order valence-electron chi connectivity index (χ3n) is 12.7. The van der Waals surface area contributed by atoms with Crippen LogP contribution in [0.3, 0.4) is 0 Å². The lowest BCUT2D eigenvalue weighted by Crippen LogP contribution is -2.10. The number of hydrogen-bond acceptors (Lipinski definition) is 6. The molecule has 310 valence electrons. The molecule has 0 aliphatic rings. The Kier molecular flexibility index (Phi) is 8.74. The lowest BCUT2D eigenvalue weighted by Gasteiger charge is -2.26. The number of aromatic nitrogens is 2. The van der Waals surface area contributed by atoms with E-state index in [0.717, 1.165) is 122 Å². The molecule has 0 N–H and O–H groups in total. The van der Waals surface area contributed by atoms with Crippen molar-refractivity contribution in [3.63, 3.8) is 0 Å². The van der Waals surface area contributed by atoms with Crippen LogP contribution < -0.4 is 9.80 Å². The number of para-hydroxylation sites is 3. The topological polar surface area (TPSA) is 58.5 Å². The maximum Gasteiger partial charge on any atom is 0.135 e. The largest absolute Gasteiger partial charge is 0.456 e. The van der Waals surface area contributed by atoms with E-state index in [1.165, 1.54) is 0 Å². The minimum atomic E-state index is 0.830.